The fraction of sp³-hybridized carbons (Fsp3) is 0.679. The van der Waals surface area contributed by atoms with Crippen molar-refractivity contribution in [1.29, 1.82) is 0 Å². The van der Waals surface area contributed by atoms with Crippen molar-refractivity contribution in [2.45, 2.75) is 200 Å². The first kappa shape index (κ1) is 54.7. The normalized spacial score (nSPS) is 30.6. The molecule has 3 heterocycles. The monoisotopic (exact) mass is 895 g/mol. The van der Waals surface area contributed by atoms with E-state index in [1.165, 1.54) is 44.6 Å². The number of unbranched alkanes of at least 4 members (excludes halogenated alkanes) is 8. The standard InChI is InChI=1S/C53H82O11/c1-8-9-10-11-12-13-14-15-21-30-50(57)61-37-53(7)48(29-24-23-28-44(54)52(59)60-36-40(5)45(55)32-38(2)3)63-43-27-19-16-18-25-39(4)33-47-41(6)46(56)34-42(62-47)26-20-17-22-31-51(58)64-49(53)35-43/h17-20,22-25,27,31,33,38,41-49,54-56H,5,8-16,21,26,28-30,32,34-37H2,1-4,6-7H3/b20-17+,24-23-,25-18-,27-19-,31-22+,39-33+/t41-,42+,43-,44-,45-,46+,47-,48+,49-,53+/m1/s1. The maximum Gasteiger partial charge on any atom is 0.335 e. The molecule has 0 amide bonds. The lowest BCUT2D eigenvalue weighted by molar-refractivity contribution is -0.204. The summed E-state index contributed by atoms with van der Waals surface area (Å²) in [5.74, 6) is -1.48. The predicted octanol–water partition coefficient (Wildman–Crippen LogP) is 9.85. The van der Waals surface area contributed by atoms with Crippen molar-refractivity contribution < 1.29 is 53.4 Å². The summed E-state index contributed by atoms with van der Waals surface area (Å²) in [5.41, 5.74) is 0.448. The Morgan fingerprint density at radius 3 is 2.38 bits per heavy atom. The highest BCUT2D eigenvalue weighted by Crippen LogP contribution is 2.42. The number of fused-ring (bicyclic) bond motifs is 4. The van der Waals surface area contributed by atoms with Gasteiger partial charge in [-0.15, -0.1) is 0 Å². The largest absolute Gasteiger partial charge is 0.465 e. The number of ether oxygens (including phenoxy) is 5. The number of rotatable bonds is 22. The van der Waals surface area contributed by atoms with Crippen LogP contribution >= 0.6 is 0 Å². The van der Waals surface area contributed by atoms with Gasteiger partial charge in [-0.05, 0) is 50.5 Å². The molecule has 11 heteroatoms. The van der Waals surface area contributed by atoms with Crippen LogP contribution in [0.4, 0.5) is 0 Å². The van der Waals surface area contributed by atoms with Crippen molar-refractivity contribution in [3.63, 3.8) is 0 Å². The maximum atomic E-state index is 13.5. The van der Waals surface area contributed by atoms with Gasteiger partial charge in [0, 0.05) is 37.7 Å². The zero-order valence-electron chi connectivity index (χ0n) is 39.9. The van der Waals surface area contributed by atoms with Gasteiger partial charge in [-0.25, -0.2) is 9.59 Å². The van der Waals surface area contributed by atoms with E-state index in [2.05, 4.69) is 19.6 Å². The molecule has 0 unspecified atom stereocenters. The number of hydrogen-bond donors (Lipinski definition) is 3. The van der Waals surface area contributed by atoms with Crippen LogP contribution in [0.1, 0.15) is 151 Å². The molecule has 64 heavy (non-hydrogen) atoms. The quantitative estimate of drug-likeness (QED) is 0.0411. The van der Waals surface area contributed by atoms with Gasteiger partial charge in [-0.2, -0.15) is 0 Å². The van der Waals surface area contributed by atoms with Crippen LogP contribution in [0.25, 0.3) is 0 Å². The summed E-state index contributed by atoms with van der Waals surface area (Å²) < 4.78 is 30.5. The average Bonchev–Trinajstić information content (AvgIpc) is 3.25. The summed E-state index contributed by atoms with van der Waals surface area (Å²) >= 11 is 0. The third kappa shape index (κ3) is 20.3. The second-order valence-electron chi connectivity index (χ2n) is 18.8. The Labute approximate surface area is 384 Å². The second kappa shape index (κ2) is 29.8. The molecule has 2 fully saturated rings. The van der Waals surface area contributed by atoms with Crippen molar-refractivity contribution >= 4 is 17.9 Å². The molecule has 0 aliphatic carbocycles. The summed E-state index contributed by atoms with van der Waals surface area (Å²) in [6.07, 6.45) is 28.8. The first-order valence-electron chi connectivity index (χ1n) is 24.2. The van der Waals surface area contributed by atoms with Gasteiger partial charge in [0.2, 0.25) is 0 Å². The van der Waals surface area contributed by atoms with Crippen LogP contribution in [0.5, 0.6) is 0 Å². The Kier molecular flexibility index (Phi) is 25.5. The molecule has 11 nitrogen and oxygen atoms in total. The number of carbonyl (C=O) groups is 3. The number of aliphatic hydroxyl groups excluding tert-OH is 3. The number of esters is 3. The Bertz CT molecular complexity index is 1610. The molecule has 4 bridgehead atoms. The highest BCUT2D eigenvalue weighted by atomic mass is 16.6. The molecule has 0 aromatic heterocycles. The molecule has 3 rings (SSSR count). The van der Waals surface area contributed by atoms with Crippen LogP contribution in [-0.4, -0.2) is 95.3 Å². The van der Waals surface area contributed by atoms with E-state index < -0.39 is 54.0 Å². The fourth-order valence-electron chi connectivity index (χ4n) is 8.27. The molecule has 0 radical (unpaired) electrons. The third-order valence-corrected chi connectivity index (χ3v) is 12.5. The molecular weight excluding hydrogens is 813 g/mol. The molecule has 360 valence electrons. The van der Waals surface area contributed by atoms with E-state index in [9.17, 15) is 29.7 Å². The maximum absolute atomic E-state index is 13.5. The summed E-state index contributed by atoms with van der Waals surface area (Å²) in [5, 5.41) is 31.7. The van der Waals surface area contributed by atoms with E-state index in [1.54, 1.807) is 18.2 Å². The molecule has 0 aromatic carbocycles. The van der Waals surface area contributed by atoms with Crippen LogP contribution in [-0.2, 0) is 38.1 Å². The summed E-state index contributed by atoms with van der Waals surface area (Å²) in [6, 6.07) is 0. The van der Waals surface area contributed by atoms with Gasteiger partial charge < -0.3 is 39.0 Å². The van der Waals surface area contributed by atoms with Gasteiger partial charge in [0.25, 0.3) is 0 Å². The fourth-order valence-corrected chi connectivity index (χ4v) is 8.27. The predicted molar refractivity (Wildman–Crippen MR) is 252 cm³/mol. The van der Waals surface area contributed by atoms with Crippen molar-refractivity contribution in [3.8, 4) is 0 Å². The topological polar surface area (TPSA) is 158 Å². The average molecular weight is 895 g/mol. The van der Waals surface area contributed by atoms with Gasteiger partial charge in [0.05, 0.1) is 42.0 Å². The van der Waals surface area contributed by atoms with E-state index >= 15 is 0 Å². The van der Waals surface area contributed by atoms with Crippen LogP contribution < -0.4 is 0 Å². The van der Waals surface area contributed by atoms with Crippen LogP contribution in [0.15, 0.2) is 84.6 Å². The number of allylic oxidation sites excluding steroid dienone is 6. The highest BCUT2D eigenvalue weighted by molar-refractivity contribution is 5.82. The van der Waals surface area contributed by atoms with E-state index in [0.717, 1.165) is 24.8 Å². The van der Waals surface area contributed by atoms with E-state index in [4.69, 9.17) is 23.7 Å². The van der Waals surface area contributed by atoms with Gasteiger partial charge in [0.15, 0.2) is 6.10 Å². The van der Waals surface area contributed by atoms with Crippen molar-refractivity contribution in [1.82, 2.24) is 0 Å². The van der Waals surface area contributed by atoms with E-state index in [0.29, 0.717) is 50.5 Å². The highest BCUT2D eigenvalue weighted by Gasteiger charge is 2.50. The molecule has 3 aliphatic heterocycles. The second-order valence-corrected chi connectivity index (χ2v) is 18.8. The molecule has 0 saturated carbocycles. The molecule has 10 atom stereocenters. The number of hydrogen-bond acceptors (Lipinski definition) is 11. The van der Waals surface area contributed by atoms with E-state index in [1.807, 2.05) is 71.1 Å². The summed E-state index contributed by atoms with van der Waals surface area (Å²) in [7, 11) is 0. The molecular formula is C53H82O11. The minimum absolute atomic E-state index is 0.0234. The van der Waals surface area contributed by atoms with Gasteiger partial charge in [-0.3, -0.25) is 4.79 Å². The van der Waals surface area contributed by atoms with Gasteiger partial charge >= 0.3 is 17.9 Å². The smallest absolute Gasteiger partial charge is 0.335 e. The Balaban J connectivity index is 1.79. The molecule has 0 spiro atoms. The number of carbonyl (C=O) groups excluding carboxylic acids is 3. The number of aliphatic hydroxyl groups is 3. The molecule has 2 saturated heterocycles. The first-order chi connectivity index (χ1) is 30.6. The lowest BCUT2D eigenvalue weighted by Crippen LogP contribution is -2.55. The molecule has 3 N–H and O–H groups in total. The molecule has 0 aromatic rings. The third-order valence-electron chi connectivity index (χ3n) is 12.5. The summed E-state index contributed by atoms with van der Waals surface area (Å²) in [4.78, 5) is 39.3. The first-order valence-corrected chi connectivity index (χ1v) is 24.2. The Morgan fingerprint density at radius 1 is 0.938 bits per heavy atom. The van der Waals surface area contributed by atoms with Crippen LogP contribution in [0, 0.1) is 17.3 Å². The Hall–Kier alpha value is -3.61. The van der Waals surface area contributed by atoms with Crippen LogP contribution in [0.2, 0.25) is 0 Å². The zero-order valence-corrected chi connectivity index (χ0v) is 39.9. The van der Waals surface area contributed by atoms with Gasteiger partial charge in [0.1, 0.15) is 19.3 Å². The van der Waals surface area contributed by atoms with Crippen molar-refractivity contribution in [2.75, 3.05) is 13.2 Å². The minimum Gasteiger partial charge on any atom is -0.465 e. The lowest BCUT2D eigenvalue weighted by Gasteiger charge is -2.47. The minimum atomic E-state index is -1.43. The van der Waals surface area contributed by atoms with E-state index in [-0.39, 0.29) is 49.6 Å². The van der Waals surface area contributed by atoms with Crippen molar-refractivity contribution in [3.05, 3.63) is 84.6 Å². The molecule has 3 aliphatic rings. The van der Waals surface area contributed by atoms with Crippen LogP contribution in [0.3, 0.4) is 0 Å². The Morgan fingerprint density at radius 2 is 1.66 bits per heavy atom. The summed E-state index contributed by atoms with van der Waals surface area (Å²) in [6.45, 7) is 15.7. The van der Waals surface area contributed by atoms with Gasteiger partial charge in [-0.1, -0.05) is 159 Å². The van der Waals surface area contributed by atoms with Crippen molar-refractivity contribution in [2.24, 2.45) is 17.3 Å². The zero-order chi connectivity index (χ0) is 46.9. The SMILES string of the molecule is C=C(COC(=O)[C@H](O)C/C=C\C[C@@H]1O[C@@H]2/C=C\C/C=C\C(C)=C\[C@H]3O[C@@H](C/C=C/C=C/C(=O)O[C@H](C2)[C@@]1(C)COC(=O)CCCCCCCCCCC)C[C@H](O)[C@H]3C)[C@H](O)CC(C)C. The lowest BCUT2D eigenvalue weighted by atomic mass is 9.73.